The number of halogens is 2. The van der Waals surface area contributed by atoms with Crippen molar-refractivity contribution in [3.8, 4) is 17.0 Å². The van der Waals surface area contributed by atoms with Crippen molar-refractivity contribution in [1.29, 1.82) is 0 Å². The highest BCUT2D eigenvalue weighted by atomic mass is 127. The highest BCUT2D eigenvalue weighted by molar-refractivity contribution is 14.2. The molecule has 0 saturated heterocycles. The van der Waals surface area contributed by atoms with E-state index >= 15 is 0 Å². The third-order valence-electron chi connectivity index (χ3n) is 2.74. The lowest BCUT2D eigenvalue weighted by Gasteiger charge is -2.02. The molecular weight excluding hydrogens is 422 g/mol. The first-order valence-electron chi connectivity index (χ1n) is 6.36. The first-order chi connectivity index (χ1) is 10.2. The summed E-state index contributed by atoms with van der Waals surface area (Å²) in [4.78, 5) is 7.61. The van der Waals surface area contributed by atoms with Crippen molar-refractivity contribution in [2.45, 2.75) is 13.8 Å². The maximum Gasteiger partial charge on any atom is 0.233 e. The lowest BCUT2D eigenvalue weighted by Crippen LogP contribution is -1.89. The number of H-pyrrole nitrogens is 1. The lowest BCUT2D eigenvalue weighted by atomic mass is 10.1. The maximum atomic E-state index is 6.06. The highest BCUT2D eigenvalue weighted by Gasteiger charge is 2.13. The van der Waals surface area contributed by atoms with E-state index in [1.54, 1.807) is 7.11 Å². The summed E-state index contributed by atoms with van der Waals surface area (Å²) in [7, 11) is 1.56. The van der Waals surface area contributed by atoms with Crippen LogP contribution in [0, 0.1) is 0 Å². The monoisotopic (exact) mass is 436 g/mol. The molecule has 3 rings (SSSR count). The molecule has 0 aliphatic rings. The average Bonchev–Trinajstić information content (AvgIpc) is 3.14. The molecule has 5 nitrogen and oxygen atoms in total. The number of methoxy groups -OCH3 is 1. The second-order valence-corrected chi connectivity index (χ2v) is 6.32. The third kappa shape index (κ3) is 3.33. The van der Waals surface area contributed by atoms with Crippen LogP contribution in [0.5, 0.6) is 5.88 Å². The molecule has 0 saturated carbocycles. The van der Waals surface area contributed by atoms with Gasteiger partial charge in [-0.05, 0) is 28.1 Å². The first kappa shape index (κ1) is 16.5. The van der Waals surface area contributed by atoms with E-state index in [0.29, 0.717) is 17.3 Å². The van der Waals surface area contributed by atoms with Crippen LogP contribution in [0.15, 0.2) is 24.7 Å². The van der Waals surface area contributed by atoms with Crippen LogP contribution >= 0.6 is 40.0 Å². The SMILES string of the molecule is CC.COc1nc2c(-c3cnn(PI)c3)c[nH]c2cc1Cl. The zero-order valence-electron chi connectivity index (χ0n) is 11.8. The molecule has 8 heteroatoms. The van der Waals surface area contributed by atoms with Crippen molar-refractivity contribution in [2.75, 3.05) is 7.11 Å². The number of aromatic nitrogens is 4. The summed E-state index contributed by atoms with van der Waals surface area (Å²) in [6.07, 6.45) is 6.31. The van der Waals surface area contributed by atoms with Crippen molar-refractivity contribution in [3.05, 3.63) is 29.7 Å². The van der Waals surface area contributed by atoms with Crippen molar-refractivity contribution in [3.63, 3.8) is 0 Å². The van der Waals surface area contributed by atoms with Crippen LogP contribution in [-0.4, -0.2) is 26.6 Å². The van der Waals surface area contributed by atoms with E-state index in [2.05, 4.69) is 37.1 Å². The Morgan fingerprint density at radius 2 is 2.19 bits per heavy atom. The Hall–Kier alpha value is -0.850. The quantitative estimate of drug-likeness (QED) is 0.469. The summed E-state index contributed by atoms with van der Waals surface area (Å²) in [5, 5.41) is 4.77. The van der Waals surface area contributed by atoms with Gasteiger partial charge >= 0.3 is 0 Å². The van der Waals surface area contributed by atoms with E-state index in [9.17, 15) is 0 Å². The minimum absolute atomic E-state index is 0.429. The Morgan fingerprint density at radius 3 is 2.81 bits per heavy atom. The number of ether oxygens (including phenoxy) is 1. The fraction of sp³-hybridized carbons (Fsp3) is 0.231. The Labute approximate surface area is 142 Å². The molecule has 0 amide bonds. The molecule has 0 fully saturated rings. The van der Waals surface area contributed by atoms with Gasteiger partial charge in [0.05, 0.1) is 30.7 Å². The summed E-state index contributed by atoms with van der Waals surface area (Å²) in [5.41, 5.74) is 3.72. The van der Waals surface area contributed by atoms with Crippen molar-refractivity contribution < 1.29 is 4.74 Å². The number of fused-ring (bicyclic) bond motifs is 1. The van der Waals surface area contributed by atoms with E-state index < -0.39 is 0 Å². The summed E-state index contributed by atoms with van der Waals surface area (Å²) < 4.78 is 7.05. The molecule has 0 aliphatic heterocycles. The largest absolute Gasteiger partial charge is 0.480 e. The van der Waals surface area contributed by atoms with Gasteiger partial charge in [0.2, 0.25) is 5.88 Å². The molecule has 0 aliphatic carbocycles. The number of rotatable bonds is 3. The fourth-order valence-corrected chi connectivity index (χ4v) is 3.19. The molecule has 112 valence electrons. The predicted octanol–water partition coefficient (Wildman–Crippen LogP) is 4.91. The fourth-order valence-electron chi connectivity index (χ4n) is 1.88. The predicted molar refractivity (Wildman–Crippen MR) is 98.0 cm³/mol. The van der Waals surface area contributed by atoms with E-state index in [0.717, 1.165) is 22.2 Å². The van der Waals surface area contributed by atoms with Gasteiger partial charge in [0.1, 0.15) is 5.02 Å². The van der Waals surface area contributed by atoms with Crippen LogP contribution in [0.2, 0.25) is 5.02 Å². The van der Waals surface area contributed by atoms with Crippen LogP contribution in [-0.2, 0) is 0 Å². The van der Waals surface area contributed by atoms with E-state index in [-0.39, 0.29) is 0 Å². The van der Waals surface area contributed by atoms with Crippen LogP contribution in [0.25, 0.3) is 22.2 Å². The minimum atomic E-state index is 0.429. The first-order valence-corrected chi connectivity index (χ1v) is 10.8. The molecule has 1 unspecified atom stereocenters. The smallest absolute Gasteiger partial charge is 0.233 e. The van der Waals surface area contributed by atoms with Gasteiger partial charge in [0, 0.05) is 23.5 Å². The van der Waals surface area contributed by atoms with E-state index in [1.807, 2.05) is 43.0 Å². The van der Waals surface area contributed by atoms with Crippen LogP contribution < -0.4 is 4.74 Å². The topological polar surface area (TPSA) is 55.7 Å². The third-order valence-corrected chi connectivity index (χ3v) is 4.92. The number of nitrogens with zero attached hydrogens (tertiary/aromatic N) is 3. The normalized spacial score (nSPS) is 10.9. The van der Waals surface area contributed by atoms with E-state index in [4.69, 9.17) is 16.3 Å². The number of nitrogens with one attached hydrogen (secondary N) is 1. The average molecular weight is 437 g/mol. The summed E-state index contributed by atoms with van der Waals surface area (Å²) in [6, 6.07) is 1.82. The van der Waals surface area contributed by atoms with E-state index in [1.165, 1.54) is 0 Å². The maximum absolute atomic E-state index is 6.06. The van der Waals surface area contributed by atoms with Crippen molar-refractivity contribution >= 4 is 51.0 Å². The Balaban J connectivity index is 0.000000774. The van der Waals surface area contributed by atoms with Gasteiger partial charge in [-0.1, -0.05) is 25.4 Å². The van der Waals surface area contributed by atoms with Crippen molar-refractivity contribution in [1.82, 2.24) is 19.5 Å². The van der Waals surface area contributed by atoms with Gasteiger partial charge in [0.25, 0.3) is 0 Å². The Bertz CT molecular complexity index is 743. The minimum Gasteiger partial charge on any atom is -0.480 e. The summed E-state index contributed by atoms with van der Waals surface area (Å²) in [5.74, 6) is 0.429. The Kier molecular flexibility index (Phi) is 5.84. The number of hydrogen-bond donors (Lipinski definition) is 1. The van der Waals surface area contributed by atoms with Gasteiger partial charge in [0.15, 0.2) is 0 Å². The molecule has 0 aromatic carbocycles. The number of hydrogen-bond acceptors (Lipinski definition) is 3. The van der Waals surface area contributed by atoms with Gasteiger partial charge in [-0.15, -0.1) is 0 Å². The zero-order chi connectivity index (χ0) is 15.4. The molecular formula is C13H15ClIN4OP. The lowest BCUT2D eigenvalue weighted by molar-refractivity contribution is 0.400. The van der Waals surface area contributed by atoms with Gasteiger partial charge < -0.3 is 9.72 Å². The molecule has 1 atom stereocenters. The van der Waals surface area contributed by atoms with Crippen LogP contribution in [0.3, 0.4) is 0 Å². The van der Waals surface area contributed by atoms with Gasteiger partial charge in [-0.25, -0.2) is 9.44 Å². The summed E-state index contributed by atoms with van der Waals surface area (Å²) in [6.45, 7) is 4.00. The molecule has 3 heterocycles. The molecule has 3 aromatic heterocycles. The van der Waals surface area contributed by atoms with Gasteiger partial charge in [-0.2, -0.15) is 5.10 Å². The van der Waals surface area contributed by atoms with Crippen LogP contribution in [0.1, 0.15) is 13.8 Å². The summed E-state index contributed by atoms with van der Waals surface area (Å²) >= 11 is 8.35. The molecule has 1 N–H and O–H groups in total. The molecule has 0 spiro atoms. The molecule has 0 bridgehead atoms. The van der Waals surface area contributed by atoms with Crippen LogP contribution in [0.4, 0.5) is 0 Å². The van der Waals surface area contributed by atoms with Crippen molar-refractivity contribution in [2.24, 2.45) is 0 Å². The highest BCUT2D eigenvalue weighted by Crippen LogP contribution is 2.33. The molecule has 21 heavy (non-hydrogen) atoms. The standard InChI is InChI=1S/C11H9ClIN4OP.C2H6/c1-18-11-8(12)2-9-10(16-11)7(4-14-9)6-3-15-17(5-6)19-13;1-2/h2-5,14,19H,1H3;1-2H3. The zero-order valence-corrected chi connectivity index (χ0v) is 15.7. The van der Waals surface area contributed by atoms with Gasteiger partial charge in [-0.3, -0.25) is 0 Å². The Morgan fingerprint density at radius 1 is 1.43 bits per heavy atom. The molecule has 0 radical (unpaired) electrons. The molecule has 3 aromatic rings. The second kappa shape index (κ2) is 7.42. The number of aromatic amines is 1. The second-order valence-electron chi connectivity index (χ2n) is 3.84. The number of pyridine rings is 1.